The number of fused-ring (bicyclic) bond motifs is 1. The highest BCUT2D eigenvalue weighted by Gasteiger charge is 2.28. The minimum Gasteiger partial charge on any atom is -0.508 e. The third-order valence-electron chi connectivity index (χ3n) is 5.94. The van der Waals surface area contributed by atoms with Crippen molar-refractivity contribution in [1.82, 2.24) is 4.90 Å². The van der Waals surface area contributed by atoms with Gasteiger partial charge in [-0.05, 0) is 86.9 Å². The number of likely N-dealkylation sites (tertiary alicyclic amines) is 1. The van der Waals surface area contributed by atoms with E-state index in [1.54, 1.807) is 29.2 Å². The lowest BCUT2D eigenvalue weighted by molar-refractivity contribution is -0.117. The number of ketones is 1. The predicted octanol–water partition coefficient (Wildman–Crippen LogP) is 3.41. The van der Waals surface area contributed by atoms with Crippen molar-refractivity contribution in [3.63, 3.8) is 0 Å². The van der Waals surface area contributed by atoms with Crippen LogP contribution in [0.1, 0.15) is 35.2 Å². The maximum Gasteiger partial charge on any atom is 0.231 e. The van der Waals surface area contributed by atoms with Crippen molar-refractivity contribution in [2.45, 2.75) is 25.7 Å². The zero-order valence-corrected chi connectivity index (χ0v) is 16.3. The summed E-state index contributed by atoms with van der Waals surface area (Å²) in [6, 6.07) is 10.9. The lowest BCUT2D eigenvalue weighted by Crippen LogP contribution is -2.38. The van der Waals surface area contributed by atoms with E-state index < -0.39 is 0 Å². The summed E-state index contributed by atoms with van der Waals surface area (Å²) >= 11 is 0. The van der Waals surface area contributed by atoms with Gasteiger partial charge in [-0.2, -0.15) is 0 Å². The van der Waals surface area contributed by atoms with Crippen LogP contribution in [0, 0.1) is 11.7 Å². The molecule has 2 heterocycles. The van der Waals surface area contributed by atoms with Gasteiger partial charge >= 0.3 is 0 Å². The number of halogens is 1. The Kier molecular flexibility index (Phi) is 5.62. The monoisotopic (exact) mass is 396 g/mol. The second-order valence-corrected chi connectivity index (χ2v) is 7.88. The molecular formula is C23H25FN2O3. The SMILES string of the molecule is O=C(c1ccc(F)cc1)C1CCN(CCCN2C(=O)Cc3cc(O)ccc32)CC1. The zero-order valence-electron chi connectivity index (χ0n) is 16.3. The zero-order chi connectivity index (χ0) is 20.4. The molecule has 2 aromatic carbocycles. The van der Waals surface area contributed by atoms with Crippen molar-refractivity contribution in [3.8, 4) is 5.75 Å². The Hall–Kier alpha value is -2.73. The summed E-state index contributed by atoms with van der Waals surface area (Å²) in [5.41, 5.74) is 2.37. The number of anilines is 1. The Bertz CT molecular complexity index is 905. The number of hydrogen-bond acceptors (Lipinski definition) is 4. The molecule has 2 aliphatic rings. The van der Waals surface area contributed by atoms with Crippen molar-refractivity contribution in [1.29, 1.82) is 0 Å². The van der Waals surface area contributed by atoms with Crippen LogP contribution in [0.4, 0.5) is 10.1 Å². The van der Waals surface area contributed by atoms with E-state index in [4.69, 9.17) is 0 Å². The molecule has 2 aliphatic heterocycles. The Labute approximate surface area is 169 Å². The fourth-order valence-electron chi connectivity index (χ4n) is 4.34. The molecule has 1 N–H and O–H groups in total. The summed E-state index contributed by atoms with van der Waals surface area (Å²) < 4.78 is 13.0. The van der Waals surface area contributed by atoms with Gasteiger partial charge in [0.15, 0.2) is 5.78 Å². The number of phenolic OH excluding ortho intramolecular Hbond substituents is 1. The second-order valence-electron chi connectivity index (χ2n) is 7.88. The van der Waals surface area contributed by atoms with E-state index >= 15 is 0 Å². The van der Waals surface area contributed by atoms with Gasteiger partial charge in [-0.3, -0.25) is 9.59 Å². The predicted molar refractivity (Wildman–Crippen MR) is 109 cm³/mol. The minimum absolute atomic E-state index is 0.00331. The molecule has 0 bridgehead atoms. The molecule has 0 radical (unpaired) electrons. The molecule has 4 rings (SSSR count). The molecule has 0 spiro atoms. The first-order valence-electron chi connectivity index (χ1n) is 10.2. The molecule has 1 fully saturated rings. The van der Waals surface area contributed by atoms with E-state index in [9.17, 15) is 19.1 Å². The molecule has 152 valence electrons. The van der Waals surface area contributed by atoms with E-state index in [1.807, 2.05) is 6.07 Å². The summed E-state index contributed by atoms with van der Waals surface area (Å²) in [4.78, 5) is 29.0. The number of piperidine rings is 1. The number of nitrogens with zero attached hydrogens (tertiary/aromatic N) is 2. The summed E-state index contributed by atoms with van der Waals surface area (Å²) in [7, 11) is 0. The number of carbonyl (C=O) groups is 2. The fourth-order valence-corrected chi connectivity index (χ4v) is 4.34. The van der Waals surface area contributed by atoms with E-state index in [0.717, 1.165) is 50.1 Å². The molecule has 0 aromatic heterocycles. The summed E-state index contributed by atoms with van der Waals surface area (Å²) in [5, 5.41) is 9.58. The van der Waals surface area contributed by atoms with E-state index in [0.29, 0.717) is 18.5 Å². The molecule has 2 aromatic rings. The number of amides is 1. The van der Waals surface area contributed by atoms with Crippen molar-refractivity contribution in [3.05, 3.63) is 59.4 Å². The Morgan fingerprint density at radius 1 is 1.07 bits per heavy atom. The summed E-state index contributed by atoms with van der Waals surface area (Å²) in [5.74, 6) is 0.0431. The Morgan fingerprint density at radius 3 is 2.52 bits per heavy atom. The maximum absolute atomic E-state index is 13.0. The van der Waals surface area contributed by atoms with Crippen LogP contribution >= 0.6 is 0 Å². The molecule has 0 unspecified atom stereocenters. The smallest absolute Gasteiger partial charge is 0.231 e. The topological polar surface area (TPSA) is 60.9 Å². The van der Waals surface area contributed by atoms with Crippen LogP contribution < -0.4 is 4.90 Å². The number of aromatic hydroxyl groups is 1. The van der Waals surface area contributed by atoms with Gasteiger partial charge in [-0.1, -0.05) is 0 Å². The highest BCUT2D eigenvalue weighted by atomic mass is 19.1. The van der Waals surface area contributed by atoms with Crippen LogP contribution in [-0.2, 0) is 11.2 Å². The third kappa shape index (κ3) is 4.32. The average Bonchev–Trinajstić information content (AvgIpc) is 3.03. The van der Waals surface area contributed by atoms with Crippen LogP contribution in [0.25, 0.3) is 0 Å². The normalized spacial score (nSPS) is 17.6. The van der Waals surface area contributed by atoms with Gasteiger partial charge in [-0.15, -0.1) is 0 Å². The number of carbonyl (C=O) groups excluding carboxylic acids is 2. The lowest BCUT2D eigenvalue weighted by Gasteiger charge is -2.31. The number of rotatable bonds is 6. The molecule has 0 aliphatic carbocycles. The first-order valence-corrected chi connectivity index (χ1v) is 10.2. The number of Topliss-reactive ketones (excluding diaryl/α,β-unsaturated/α-hetero) is 1. The van der Waals surface area contributed by atoms with Gasteiger partial charge in [0.25, 0.3) is 0 Å². The molecule has 0 atom stereocenters. The van der Waals surface area contributed by atoms with E-state index in [2.05, 4.69) is 4.90 Å². The number of benzene rings is 2. The van der Waals surface area contributed by atoms with E-state index in [1.165, 1.54) is 12.1 Å². The molecule has 6 heteroatoms. The van der Waals surface area contributed by atoms with Crippen LogP contribution in [-0.4, -0.2) is 47.9 Å². The van der Waals surface area contributed by atoms with Crippen molar-refractivity contribution < 1.29 is 19.1 Å². The quantitative estimate of drug-likeness (QED) is 0.761. The Balaban J connectivity index is 1.24. The van der Waals surface area contributed by atoms with Crippen LogP contribution in [0.15, 0.2) is 42.5 Å². The standard InChI is InChI=1S/C23H25FN2O3/c24-19-4-2-16(3-5-19)23(29)17-8-12-25(13-9-17)10-1-11-26-21-7-6-20(27)14-18(21)15-22(26)28/h2-7,14,17,27H,1,8-13,15H2. The van der Waals surface area contributed by atoms with Gasteiger partial charge in [-0.25, -0.2) is 4.39 Å². The number of hydrogen-bond donors (Lipinski definition) is 1. The highest BCUT2D eigenvalue weighted by Crippen LogP contribution is 2.31. The summed E-state index contributed by atoms with van der Waals surface area (Å²) in [6.07, 6.45) is 2.82. The average molecular weight is 396 g/mol. The van der Waals surface area contributed by atoms with Crippen LogP contribution in [0.2, 0.25) is 0 Å². The first-order chi connectivity index (χ1) is 14.0. The van der Waals surface area contributed by atoms with E-state index in [-0.39, 0.29) is 29.2 Å². The molecule has 5 nitrogen and oxygen atoms in total. The lowest BCUT2D eigenvalue weighted by atomic mass is 9.89. The number of phenols is 1. The van der Waals surface area contributed by atoms with Gasteiger partial charge < -0.3 is 14.9 Å². The van der Waals surface area contributed by atoms with Gasteiger partial charge in [0.2, 0.25) is 5.91 Å². The van der Waals surface area contributed by atoms with Crippen molar-refractivity contribution >= 4 is 17.4 Å². The van der Waals surface area contributed by atoms with Gasteiger partial charge in [0, 0.05) is 23.7 Å². The Morgan fingerprint density at radius 2 is 1.79 bits per heavy atom. The molecule has 29 heavy (non-hydrogen) atoms. The summed E-state index contributed by atoms with van der Waals surface area (Å²) in [6.45, 7) is 3.26. The van der Waals surface area contributed by atoms with Gasteiger partial charge in [0.1, 0.15) is 11.6 Å². The van der Waals surface area contributed by atoms with Crippen LogP contribution in [0.3, 0.4) is 0 Å². The highest BCUT2D eigenvalue weighted by molar-refractivity contribution is 6.01. The molecule has 1 amide bonds. The van der Waals surface area contributed by atoms with Crippen molar-refractivity contribution in [2.24, 2.45) is 5.92 Å². The third-order valence-corrected chi connectivity index (χ3v) is 5.94. The minimum atomic E-state index is -0.327. The molecule has 0 saturated carbocycles. The van der Waals surface area contributed by atoms with Crippen LogP contribution in [0.5, 0.6) is 5.75 Å². The van der Waals surface area contributed by atoms with Gasteiger partial charge in [0.05, 0.1) is 6.42 Å². The molecular weight excluding hydrogens is 371 g/mol. The largest absolute Gasteiger partial charge is 0.508 e. The fraction of sp³-hybridized carbons (Fsp3) is 0.391. The second kappa shape index (κ2) is 8.33. The molecule has 1 saturated heterocycles. The maximum atomic E-state index is 13.0. The first kappa shape index (κ1) is 19.6. The van der Waals surface area contributed by atoms with Crippen molar-refractivity contribution in [2.75, 3.05) is 31.1 Å².